The number of nitro benzene ring substituents is 1. The summed E-state index contributed by atoms with van der Waals surface area (Å²) in [6.45, 7) is 1.88. The number of non-ortho nitro benzene ring substituents is 1. The monoisotopic (exact) mass is 280 g/mol. The van der Waals surface area contributed by atoms with E-state index in [4.69, 9.17) is 5.11 Å². The second-order valence-corrected chi connectivity index (χ2v) is 4.36. The Morgan fingerprint density at radius 1 is 1.45 bits per heavy atom. The molecule has 0 saturated carbocycles. The molecule has 1 unspecified atom stereocenters. The summed E-state index contributed by atoms with van der Waals surface area (Å²) in [5, 5.41) is 22.0. The zero-order valence-corrected chi connectivity index (χ0v) is 11.0. The van der Waals surface area contributed by atoms with Gasteiger partial charge in [0, 0.05) is 23.7 Å². The van der Waals surface area contributed by atoms with Crippen LogP contribution in [0.4, 0.5) is 5.69 Å². The second-order valence-electron chi connectivity index (χ2n) is 4.36. The Morgan fingerprint density at radius 3 is 2.70 bits per heavy atom. The molecule has 0 bridgehead atoms. The van der Waals surface area contributed by atoms with Crippen LogP contribution in [-0.2, 0) is 4.79 Å². The fourth-order valence-electron chi connectivity index (χ4n) is 1.81. The topological polar surface area (TPSA) is 110 Å². The highest BCUT2D eigenvalue weighted by Crippen LogP contribution is 2.13. The Hall–Kier alpha value is -2.44. The van der Waals surface area contributed by atoms with Crippen LogP contribution >= 0.6 is 0 Å². The minimum Gasteiger partial charge on any atom is -0.481 e. The summed E-state index contributed by atoms with van der Waals surface area (Å²) >= 11 is 0. The number of carbonyl (C=O) groups excluding carboxylic acids is 1. The number of carboxylic acid groups (broad SMARTS) is 1. The third kappa shape index (κ3) is 4.68. The Labute approximate surface area is 115 Å². The Kier molecular flexibility index (Phi) is 5.64. The van der Waals surface area contributed by atoms with Crippen LogP contribution in [-0.4, -0.2) is 27.9 Å². The molecule has 0 heterocycles. The molecule has 7 nitrogen and oxygen atoms in total. The van der Waals surface area contributed by atoms with Gasteiger partial charge in [-0.15, -0.1) is 0 Å². The highest BCUT2D eigenvalue weighted by Gasteiger charge is 2.17. The van der Waals surface area contributed by atoms with Gasteiger partial charge in [-0.05, 0) is 12.5 Å². The van der Waals surface area contributed by atoms with Crippen molar-refractivity contribution in [2.45, 2.75) is 32.2 Å². The first kappa shape index (κ1) is 15.6. The summed E-state index contributed by atoms with van der Waals surface area (Å²) in [6, 6.07) is 4.84. The van der Waals surface area contributed by atoms with Crippen molar-refractivity contribution in [1.82, 2.24) is 5.32 Å². The van der Waals surface area contributed by atoms with Crippen LogP contribution in [0.25, 0.3) is 0 Å². The van der Waals surface area contributed by atoms with Gasteiger partial charge in [-0.2, -0.15) is 0 Å². The van der Waals surface area contributed by atoms with E-state index in [1.165, 1.54) is 24.3 Å². The van der Waals surface area contributed by atoms with E-state index in [-0.39, 0.29) is 17.7 Å². The maximum absolute atomic E-state index is 12.0. The third-order valence-electron chi connectivity index (χ3n) is 2.71. The molecule has 0 radical (unpaired) electrons. The molecular formula is C13H16N2O5. The molecule has 1 amide bonds. The van der Waals surface area contributed by atoms with Crippen LogP contribution in [0, 0.1) is 10.1 Å². The fraction of sp³-hybridized carbons (Fsp3) is 0.385. The molecule has 108 valence electrons. The number of carboxylic acids is 1. The number of carbonyl (C=O) groups is 2. The van der Waals surface area contributed by atoms with Gasteiger partial charge < -0.3 is 10.4 Å². The first-order valence-corrected chi connectivity index (χ1v) is 6.21. The molecule has 0 aromatic heterocycles. The number of amides is 1. The number of nitrogens with zero attached hydrogens (tertiary/aromatic N) is 1. The minimum atomic E-state index is -0.997. The van der Waals surface area contributed by atoms with Gasteiger partial charge in [-0.25, -0.2) is 0 Å². The summed E-state index contributed by atoms with van der Waals surface area (Å²) in [5.41, 5.74) is -0.0337. The van der Waals surface area contributed by atoms with Gasteiger partial charge in [0.2, 0.25) is 0 Å². The van der Waals surface area contributed by atoms with Crippen LogP contribution in [0.5, 0.6) is 0 Å². The molecule has 20 heavy (non-hydrogen) atoms. The zero-order valence-electron chi connectivity index (χ0n) is 11.0. The molecule has 1 aromatic carbocycles. The highest BCUT2D eigenvalue weighted by molar-refractivity contribution is 5.95. The number of hydrogen-bond donors (Lipinski definition) is 2. The number of hydrogen-bond acceptors (Lipinski definition) is 4. The zero-order chi connectivity index (χ0) is 15.1. The molecule has 0 aliphatic heterocycles. The van der Waals surface area contributed by atoms with Crippen LogP contribution in [0.15, 0.2) is 24.3 Å². The van der Waals surface area contributed by atoms with Gasteiger partial charge >= 0.3 is 5.97 Å². The Morgan fingerprint density at radius 2 is 2.15 bits per heavy atom. The van der Waals surface area contributed by atoms with E-state index in [2.05, 4.69) is 5.32 Å². The quantitative estimate of drug-likeness (QED) is 0.586. The maximum Gasteiger partial charge on any atom is 0.305 e. The van der Waals surface area contributed by atoms with Crippen LogP contribution < -0.4 is 5.32 Å². The van der Waals surface area contributed by atoms with Gasteiger partial charge in [-0.1, -0.05) is 19.4 Å². The number of benzene rings is 1. The molecule has 0 fully saturated rings. The summed E-state index contributed by atoms with van der Waals surface area (Å²) in [5.74, 6) is -1.50. The van der Waals surface area contributed by atoms with E-state index in [0.29, 0.717) is 6.42 Å². The van der Waals surface area contributed by atoms with E-state index in [1.807, 2.05) is 6.92 Å². The summed E-state index contributed by atoms with van der Waals surface area (Å²) < 4.78 is 0. The van der Waals surface area contributed by atoms with Gasteiger partial charge in [0.1, 0.15) is 0 Å². The summed E-state index contributed by atoms with van der Waals surface area (Å²) in [4.78, 5) is 32.7. The van der Waals surface area contributed by atoms with E-state index < -0.39 is 22.8 Å². The van der Waals surface area contributed by atoms with Gasteiger partial charge in [0.25, 0.3) is 11.6 Å². The molecule has 0 spiro atoms. The van der Waals surface area contributed by atoms with Crippen molar-refractivity contribution < 1.29 is 19.6 Å². The molecule has 7 heteroatoms. The number of nitro groups is 1. The van der Waals surface area contributed by atoms with Crippen molar-refractivity contribution in [3.63, 3.8) is 0 Å². The van der Waals surface area contributed by atoms with Crippen molar-refractivity contribution in [2.24, 2.45) is 0 Å². The molecule has 2 N–H and O–H groups in total. The number of nitrogens with one attached hydrogen (secondary N) is 1. The van der Waals surface area contributed by atoms with Gasteiger partial charge in [-0.3, -0.25) is 19.7 Å². The minimum absolute atomic E-state index is 0.144. The summed E-state index contributed by atoms with van der Waals surface area (Å²) in [7, 11) is 0. The lowest BCUT2D eigenvalue weighted by Gasteiger charge is -2.15. The standard InChI is InChI=1S/C13H16N2O5/c1-2-4-10(8-12(16)17)14-13(18)9-5-3-6-11(7-9)15(19)20/h3,5-7,10H,2,4,8H2,1H3,(H,14,18)(H,16,17). The predicted molar refractivity (Wildman–Crippen MR) is 71.5 cm³/mol. The van der Waals surface area contributed by atoms with E-state index >= 15 is 0 Å². The fourth-order valence-corrected chi connectivity index (χ4v) is 1.81. The molecule has 1 rings (SSSR count). The molecule has 1 aromatic rings. The van der Waals surface area contributed by atoms with Crippen LogP contribution in [0.2, 0.25) is 0 Å². The molecule has 0 saturated heterocycles. The van der Waals surface area contributed by atoms with Crippen molar-refractivity contribution in [1.29, 1.82) is 0 Å². The normalized spacial score (nSPS) is 11.7. The van der Waals surface area contributed by atoms with Gasteiger partial charge in [0.05, 0.1) is 11.3 Å². The summed E-state index contributed by atoms with van der Waals surface area (Å²) in [6.07, 6.45) is 1.09. The Bertz CT molecular complexity index is 515. The number of rotatable bonds is 7. The molecular weight excluding hydrogens is 264 g/mol. The van der Waals surface area contributed by atoms with Crippen molar-refractivity contribution in [2.75, 3.05) is 0 Å². The lowest BCUT2D eigenvalue weighted by atomic mass is 10.1. The molecule has 1 atom stereocenters. The van der Waals surface area contributed by atoms with Crippen molar-refractivity contribution >= 4 is 17.6 Å². The maximum atomic E-state index is 12.0. The first-order chi connectivity index (χ1) is 9.43. The second kappa shape index (κ2) is 7.22. The lowest BCUT2D eigenvalue weighted by molar-refractivity contribution is -0.384. The molecule has 0 aliphatic carbocycles. The van der Waals surface area contributed by atoms with Crippen LogP contribution in [0.3, 0.4) is 0 Å². The van der Waals surface area contributed by atoms with Crippen molar-refractivity contribution in [3.05, 3.63) is 39.9 Å². The average molecular weight is 280 g/mol. The SMILES string of the molecule is CCCC(CC(=O)O)NC(=O)c1cccc([N+](=O)[O-])c1. The highest BCUT2D eigenvalue weighted by atomic mass is 16.6. The largest absolute Gasteiger partial charge is 0.481 e. The lowest BCUT2D eigenvalue weighted by Crippen LogP contribution is -2.36. The van der Waals surface area contributed by atoms with E-state index in [9.17, 15) is 19.7 Å². The van der Waals surface area contributed by atoms with Crippen molar-refractivity contribution in [3.8, 4) is 0 Å². The van der Waals surface area contributed by atoms with Crippen LogP contribution in [0.1, 0.15) is 36.5 Å². The van der Waals surface area contributed by atoms with Gasteiger partial charge in [0.15, 0.2) is 0 Å². The van der Waals surface area contributed by atoms with E-state index in [1.54, 1.807) is 0 Å². The average Bonchev–Trinajstić information content (AvgIpc) is 2.38. The smallest absolute Gasteiger partial charge is 0.305 e. The first-order valence-electron chi connectivity index (χ1n) is 6.21. The molecule has 0 aliphatic rings. The number of aliphatic carboxylic acids is 1. The third-order valence-corrected chi connectivity index (χ3v) is 2.71. The predicted octanol–water partition coefficient (Wildman–Crippen LogP) is 1.97. The van der Waals surface area contributed by atoms with E-state index in [0.717, 1.165) is 6.42 Å². The Balaban J connectivity index is 2.80.